The Kier molecular flexibility index (Phi) is 4.51. The van der Waals surface area contributed by atoms with E-state index in [2.05, 4.69) is 23.6 Å². The Hall–Kier alpha value is -2.49. The van der Waals surface area contributed by atoms with Crippen molar-refractivity contribution in [1.29, 1.82) is 0 Å². The van der Waals surface area contributed by atoms with E-state index in [1.165, 1.54) is 0 Å². The van der Waals surface area contributed by atoms with Gasteiger partial charge in [0.15, 0.2) is 0 Å². The predicted octanol–water partition coefficient (Wildman–Crippen LogP) is 4.52. The lowest BCUT2D eigenvalue weighted by Gasteiger charge is -2.09. The second-order valence-corrected chi connectivity index (χ2v) is 5.53. The van der Waals surface area contributed by atoms with E-state index < -0.39 is 0 Å². The minimum atomic E-state index is 0.829. The lowest BCUT2D eigenvalue weighted by Crippen LogP contribution is -2.00. The molecule has 0 amide bonds. The number of unbranched alkanes of at least 4 members (excludes halogenated alkanes) is 1. The van der Waals surface area contributed by atoms with Gasteiger partial charge in [0.25, 0.3) is 0 Å². The van der Waals surface area contributed by atoms with Gasteiger partial charge in [-0.25, -0.2) is 4.98 Å². The summed E-state index contributed by atoms with van der Waals surface area (Å²) >= 11 is 0. The van der Waals surface area contributed by atoms with Gasteiger partial charge in [-0.05, 0) is 30.7 Å². The number of aryl methyl sites for hydroxylation is 1. The van der Waals surface area contributed by atoms with E-state index in [0.717, 1.165) is 53.3 Å². The zero-order valence-electron chi connectivity index (χ0n) is 13.9. The Morgan fingerprint density at radius 2 is 1.78 bits per heavy atom. The first-order valence-electron chi connectivity index (χ1n) is 7.95. The van der Waals surface area contributed by atoms with Gasteiger partial charge in [0, 0.05) is 18.2 Å². The molecule has 0 radical (unpaired) electrons. The van der Waals surface area contributed by atoms with Crippen LogP contribution in [0, 0.1) is 0 Å². The molecule has 0 aliphatic heterocycles. The molecule has 0 bridgehead atoms. The van der Waals surface area contributed by atoms with Gasteiger partial charge in [0.05, 0.1) is 25.3 Å². The van der Waals surface area contributed by atoms with Crippen LogP contribution in [0.1, 0.15) is 19.8 Å². The molecule has 0 atom stereocenters. The average molecular weight is 310 g/mol. The van der Waals surface area contributed by atoms with E-state index in [4.69, 9.17) is 14.5 Å². The maximum absolute atomic E-state index is 5.35. The van der Waals surface area contributed by atoms with Crippen LogP contribution in [0.25, 0.3) is 22.4 Å². The van der Waals surface area contributed by atoms with Crippen molar-refractivity contribution in [3.8, 4) is 22.9 Å². The van der Waals surface area contributed by atoms with Crippen molar-refractivity contribution in [1.82, 2.24) is 9.55 Å². The first kappa shape index (κ1) is 15.4. The van der Waals surface area contributed by atoms with E-state index in [9.17, 15) is 0 Å². The molecule has 4 nitrogen and oxygen atoms in total. The molecule has 120 valence electrons. The molecular weight excluding hydrogens is 288 g/mol. The zero-order chi connectivity index (χ0) is 16.2. The topological polar surface area (TPSA) is 36.3 Å². The van der Waals surface area contributed by atoms with Crippen molar-refractivity contribution < 1.29 is 9.47 Å². The van der Waals surface area contributed by atoms with Crippen LogP contribution in [0.15, 0.2) is 42.5 Å². The fourth-order valence-electron chi connectivity index (χ4n) is 2.76. The fraction of sp³-hybridized carbons (Fsp3) is 0.316. The Labute approximate surface area is 136 Å². The zero-order valence-corrected chi connectivity index (χ0v) is 13.9. The Balaban J connectivity index is 2.16. The van der Waals surface area contributed by atoms with Crippen molar-refractivity contribution in [3.05, 3.63) is 42.5 Å². The summed E-state index contributed by atoms with van der Waals surface area (Å²) in [6.45, 7) is 3.15. The molecule has 1 heterocycles. The molecule has 0 N–H and O–H groups in total. The predicted molar refractivity (Wildman–Crippen MR) is 93.2 cm³/mol. The third-order valence-electron chi connectivity index (χ3n) is 4.02. The molecule has 2 aromatic carbocycles. The monoisotopic (exact) mass is 310 g/mol. The Bertz CT molecular complexity index is 808. The van der Waals surface area contributed by atoms with Crippen LogP contribution >= 0.6 is 0 Å². The number of fused-ring (bicyclic) bond motifs is 1. The second kappa shape index (κ2) is 6.73. The van der Waals surface area contributed by atoms with Crippen LogP contribution < -0.4 is 9.47 Å². The Morgan fingerprint density at radius 1 is 1.00 bits per heavy atom. The lowest BCUT2D eigenvalue weighted by molar-refractivity contribution is 0.415. The van der Waals surface area contributed by atoms with Gasteiger partial charge >= 0.3 is 0 Å². The number of hydrogen-bond donors (Lipinski definition) is 0. The highest BCUT2D eigenvalue weighted by atomic mass is 16.5. The summed E-state index contributed by atoms with van der Waals surface area (Å²) in [5.74, 6) is 2.64. The fourth-order valence-corrected chi connectivity index (χ4v) is 2.76. The standard InChI is InChI=1S/C19H22N2O2/c1-4-5-11-21-18-10-9-16(23-3)13-17(18)20-19(21)14-7-6-8-15(12-14)22-2/h6-10,12-13H,4-5,11H2,1-3H3. The minimum absolute atomic E-state index is 0.829. The lowest BCUT2D eigenvalue weighted by atomic mass is 10.2. The largest absolute Gasteiger partial charge is 0.497 e. The number of hydrogen-bond acceptors (Lipinski definition) is 3. The molecule has 1 aromatic heterocycles. The highest BCUT2D eigenvalue weighted by molar-refractivity contribution is 5.82. The first-order valence-corrected chi connectivity index (χ1v) is 7.95. The van der Waals surface area contributed by atoms with Gasteiger partial charge < -0.3 is 14.0 Å². The average Bonchev–Trinajstić information content (AvgIpc) is 2.97. The molecule has 23 heavy (non-hydrogen) atoms. The van der Waals surface area contributed by atoms with Crippen LogP contribution in [-0.4, -0.2) is 23.8 Å². The van der Waals surface area contributed by atoms with Crippen molar-refractivity contribution in [3.63, 3.8) is 0 Å². The second-order valence-electron chi connectivity index (χ2n) is 5.53. The molecular formula is C19H22N2O2. The highest BCUT2D eigenvalue weighted by Gasteiger charge is 2.13. The first-order chi connectivity index (χ1) is 11.3. The molecule has 4 heteroatoms. The van der Waals surface area contributed by atoms with Gasteiger partial charge in [0.1, 0.15) is 17.3 Å². The number of rotatable bonds is 6. The third-order valence-corrected chi connectivity index (χ3v) is 4.02. The number of ether oxygens (including phenoxy) is 2. The van der Waals surface area contributed by atoms with Gasteiger partial charge in [-0.3, -0.25) is 0 Å². The Morgan fingerprint density at radius 3 is 2.52 bits per heavy atom. The van der Waals surface area contributed by atoms with Crippen molar-refractivity contribution in [2.75, 3.05) is 14.2 Å². The number of imidazole rings is 1. The van der Waals surface area contributed by atoms with E-state index in [0.29, 0.717) is 0 Å². The van der Waals surface area contributed by atoms with Crippen LogP contribution in [0.3, 0.4) is 0 Å². The molecule has 0 saturated heterocycles. The molecule has 0 saturated carbocycles. The van der Waals surface area contributed by atoms with Gasteiger partial charge in [-0.2, -0.15) is 0 Å². The SMILES string of the molecule is CCCCn1c(-c2cccc(OC)c2)nc2cc(OC)ccc21. The highest BCUT2D eigenvalue weighted by Crippen LogP contribution is 2.29. The van der Waals surface area contributed by atoms with Crippen LogP contribution in [0.5, 0.6) is 11.5 Å². The maximum atomic E-state index is 5.35. The molecule has 3 aromatic rings. The molecule has 0 spiro atoms. The van der Waals surface area contributed by atoms with E-state index in [1.54, 1.807) is 14.2 Å². The molecule has 0 aliphatic carbocycles. The normalized spacial score (nSPS) is 10.9. The molecule has 0 unspecified atom stereocenters. The van der Waals surface area contributed by atoms with E-state index in [-0.39, 0.29) is 0 Å². The number of nitrogens with zero attached hydrogens (tertiary/aromatic N) is 2. The van der Waals surface area contributed by atoms with Crippen LogP contribution in [0.2, 0.25) is 0 Å². The quantitative estimate of drug-likeness (QED) is 0.671. The van der Waals surface area contributed by atoms with Gasteiger partial charge in [0.2, 0.25) is 0 Å². The summed E-state index contributed by atoms with van der Waals surface area (Å²) in [7, 11) is 3.36. The third kappa shape index (κ3) is 3.02. The summed E-state index contributed by atoms with van der Waals surface area (Å²) in [4.78, 5) is 4.85. The van der Waals surface area contributed by atoms with Crippen LogP contribution in [0.4, 0.5) is 0 Å². The maximum Gasteiger partial charge on any atom is 0.141 e. The van der Waals surface area contributed by atoms with Crippen molar-refractivity contribution >= 4 is 11.0 Å². The van der Waals surface area contributed by atoms with Crippen molar-refractivity contribution in [2.45, 2.75) is 26.3 Å². The number of methoxy groups -OCH3 is 2. The minimum Gasteiger partial charge on any atom is -0.497 e. The molecule has 0 aliphatic rings. The van der Waals surface area contributed by atoms with Gasteiger partial charge in [-0.1, -0.05) is 25.5 Å². The summed E-state index contributed by atoms with van der Waals surface area (Å²) in [6, 6.07) is 14.1. The molecule has 3 rings (SSSR count). The number of benzene rings is 2. The van der Waals surface area contributed by atoms with E-state index >= 15 is 0 Å². The summed E-state index contributed by atoms with van der Waals surface area (Å²) in [5, 5.41) is 0. The van der Waals surface area contributed by atoms with Crippen LogP contribution in [-0.2, 0) is 6.54 Å². The summed E-state index contributed by atoms with van der Waals surface area (Å²) in [6.07, 6.45) is 2.27. The summed E-state index contributed by atoms with van der Waals surface area (Å²) < 4.78 is 13.0. The van der Waals surface area contributed by atoms with Crippen molar-refractivity contribution in [2.24, 2.45) is 0 Å². The molecule has 0 fully saturated rings. The smallest absolute Gasteiger partial charge is 0.141 e. The van der Waals surface area contributed by atoms with E-state index in [1.807, 2.05) is 30.3 Å². The van der Waals surface area contributed by atoms with Gasteiger partial charge in [-0.15, -0.1) is 0 Å². The number of aromatic nitrogens is 2. The summed E-state index contributed by atoms with van der Waals surface area (Å²) in [5.41, 5.74) is 3.16.